The summed E-state index contributed by atoms with van der Waals surface area (Å²) in [6.07, 6.45) is 7.19. The summed E-state index contributed by atoms with van der Waals surface area (Å²) in [5.41, 5.74) is 5.35. The number of allylic oxidation sites excluding steroid dienone is 1. The van der Waals surface area contributed by atoms with Crippen LogP contribution < -0.4 is 25.6 Å². The Hall–Kier alpha value is -6.03. The second-order valence-corrected chi connectivity index (χ2v) is 17.8. The third-order valence-corrected chi connectivity index (χ3v) is 13.4. The number of ether oxygens (including phenoxy) is 1. The minimum Gasteiger partial charge on any atom is -0.406 e. The Kier molecular flexibility index (Phi) is 14.6. The molecule has 8 rings (SSSR count). The number of nitrogens with zero attached hydrogens (tertiary/aromatic N) is 6. The smallest absolute Gasteiger partial charge is 0.406 e. The van der Waals surface area contributed by atoms with E-state index in [9.17, 15) is 27.6 Å². The number of carbonyl (C=O) groups excluding carboxylic acids is 3. The Morgan fingerprint density at radius 3 is 2.25 bits per heavy atom. The lowest BCUT2D eigenvalue weighted by atomic mass is 9.80. The second-order valence-electron chi connectivity index (χ2n) is 17.8. The van der Waals surface area contributed by atoms with E-state index in [-0.39, 0.29) is 33.7 Å². The minimum atomic E-state index is -4.74. The van der Waals surface area contributed by atoms with Gasteiger partial charge < -0.3 is 25.2 Å². The molecular formula is C49H64F3N9O4. The van der Waals surface area contributed by atoms with Crippen LogP contribution in [0.1, 0.15) is 79.1 Å². The van der Waals surface area contributed by atoms with Crippen molar-refractivity contribution in [2.24, 2.45) is 17.8 Å². The van der Waals surface area contributed by atoms with Gasteiger partial charge >= 0.3 is 6.36 Å². The van der Waals surface area contributed by atoms with Crippen molar-refractivity contribution in [1.82, 2.24) is 35.4 Å². The molecule has 3 saturated heterocycles. The van der Waals surface area contributed by atoms with Crippen LogP contribution in [0, 0.1) is 17.8 Å². The first-order valence-electron chi connectivity index (χ1n) is 22.9. The number of hydrogen-bond donors (Lipinski definition) is 3. The molecule has 3 amide bonds. The number of nitrogens with one attached hydrogen (secondary N) is 3. The molecule has 3 N–H and O–H groups in total. The first kappa shape index (κ1) is 45.5. The van der Waals surface area contributed by atoms with Crippen molar-refractivity contribution in [3.05, 3.63) is 103 Å². The monoisotopic (exact) mass is 900 g/mol. The number of benzene rings is 2. The molecule has 0 spiro atoms. The van der Waals surface area contributed by atoms with Crippen molar-refractivity contribution < 1.29 is 36.6 Å². The van der Waals surface area contributed by atoms with E-state index in [1.165, 1.54) is 36.2 Å². The highest BCUT2D eigenvalue weighted by Gasteiger charge is 2.34. The fourth-order valence-corrected chi connectivity index (χ4v) is 9.61. The molecule has 4 aliphatic rings. The number of carbonyl (C=O) groups is 3. The van der Waals surface area contributed by atoms with Crippen molar-refractivity contribution in [3.63, 3.8) is 0 Å². The maximum Gasteiger partial charge on any atom is 0.573 e. The molecule has 1 unspecified atom stereocenters. The Bertz CT molecular complexity index is 2270. The minimum absolute atomic E-state index is 0. The zero-order valence-corrected chi connectivity index (χ0v) is 36.7. The molecule has 350 valence electrons. The van der Waals surface area contributed by atoms with Gasteiger partial charge in [-0.15, -0.1) is 13.2 Å². The van der Waals surface area contributed by atoms with E-state index in [1.54, 1.807) is 12.3 Å². The molecule has 13 nitrogen and oxygen atoms in total. The second kappa shape index (κ2) is 20.9. The van der Waals surface area contributed by atoms with Gasteiger partial charge in [-0.25, -0.2) is 15.0 Å². The maximum atomic E-state index is 13.6. The molecule has 0 bridgehead atoms. The van der Waals surface area contributed by atoms with Crippen LogP contribution in [-0.4, -0.2) is 101 Å². The number of halogens is 3. The summed E-state index contributed by atoms with van der Waals surface area (Å²) in [6.45, 7) is 11.6. The number of rotatable bonds is 15. The van der Waals surface area contributed by atoms with Crippen molar-refractivity contribution >= 4 is 35.0 Å². The molecule has 1 saturated carbocycles. The van der Waals surface area contributed by atoms with Crippen LogP contribution >= 0.6 is 0 Å². The summed E-state index contributed by atoms with van der Waals surface area (Å²) in [6, 6.07) is 19.5. The maximum absolute atomic E-state index is 13.6. The van der Waals surface area contributed by atoms with Gasteiger partial charge in [0.2, 0.25) is 17.7 Å². The van der Waals surface area contributed by atoms with Crippen LogP contribution in [0.2, 0.25) is 0 Å². The summed E-state index contributed by atoms with van der Waals surface area (Å²) in [7, 11) is 0. The van der Waals surface area contributed by atoms with Crippen LogP contribution in [0.4, 0.5) is 30.5 Å². The SMILES string of the molecule is C=C(NCCCc1ccc(-c2cc(Nc3ccc(OC(F)(F)F)cc3)ncn2)cc1)C1CCC(C(=O)N2CCN(CC3CCN(c4ccc(C5CCC(=O)NC5=O)cn4)CC3)CC2)CC1.[HH].[HH].[HH]. The number of aromatic nitrogens is 3. The van der Waals surface area contributed by atoms with Crippen LogP contribution in [0.3, 0.4) is 0 Å². The van der Waals surface area contributed by atoms with Gasteiger partial charge in [0.05, 0.1) is 11.6 Å². The van der Waals surface area contributed by atoms with Gasteiger partial charge in [-0.1, -0.05) is 36.9 Å². The summed E-state index contributed by atoms with van der Waals surface area (Å²) in [5, 5.41) is 9.09. The summed E-state index contributed by atoms with van der Waals surface area (Å²) >= 11 is 0. The number of hydrogen-bond acceptors (Lipinski definition) is 11. The molecule has 1 aliphatic carbocycles. The molecule has 4 fully saturated rings. The number of amides is 3. The Morgan fingerprint density at radius 1 is 0.846 bits per heavy atom. The highest BCUT2D eigenvalue weighted by Crippen LogP contribution is 2.34. The molecule has 0 radical (unpaired) electrons. The van der Waals surface area contributed by atoms with Crippen molar-refractivity contribution in [3.8, 4) is 17.0 Å². The highest BCUT2D eigenvalue weighted by atomic mass is 19.4. The average molecular weight is 900 g/mol. The van der Waals surface area contributed by atoms with Gasteiger partial charge in [0.1, 0.15) is 23.7 Å². The van der Waals surface area contributed by atoms with Gasteiger partial charge in [0.25, 0.3) is 0 Å². The van der Waals surface area contributed by atoms with Crippen molar-refractivity contribution in [2.75, 3.05) is 62.6 Å². The number of piperazine rings is 1. The Morgan fingerprint density at radius 2 is 1.57 bits per heavy atom. The molecule has 5 heterocycles. The lowest BCUT2D eigenvalue weighted by molar-refractivity contribution is -0.274. The van der Waals surface area contributed by atoms with Crippen LogP contribution in [0.5, 0.6) is 5.75 Å². The molecule has 3 aliphatic heterocycles. The molecule has 1 atom stereocenters. The first-order chi connectivity index (χ1) is 31.4. The third-order valence-electron chi connectivity index (χ3n) is 13.4. The first-order valence-corrected chi connectivity index (χ1v) is 22.9. The summed E-state index contributed by atoms with van der Waals surface area (Å²) in [5.74, 6) is 1.81. The van der Waals surface area contributed by atoms with Gasteiger partial charge in [-0.2, -0.15) is 0 Å². The number of aryl methyl sites for hydroxylation is 1. The van der Waals surface area contributed by atoms with Gasteiger partial charge in [-0.3, -0.25) is 24.6 Å². The predicted molar refractivity (Wildman–Crippen MR) is 248 cm³/mol. The predicted octanol–water partition coefficient (Wildman–Crippen LogP) is 8.34. The lowest BCUT2D eigenvalue weighted by Gasteiger charge is -2.40. The fraction of sp³-hybridized carbons (Fsp3) is 0.469. The number of alkyl halides is 3. The van der Waals surface area contributed by atoms with Crippen LogP contribution in [-0.2, 0) is 20.8 Å². The summed E-state index contributed by atoms with van der Waals surface area (Å²) in [4.78, 5) is 57.7. The van der Waals surface area contributed by atoms with E-state index < -0.39 is 6.36 Å². The zero-order chi connectivity index (χ0) is 45.3. The summed E-state index contributed by atoms with van der Waals surface area (Å²) < 4.78 is 41.4. The zero-order valence-electron chi connectivity index (χ0n) is 36.7. The number of anilines is 3. The van der Waals surface area contributed by atoms with E-state index in [4.69, 9.17) is 0 Å². The van der Waals surface area contributed by atoms with Gasteiger partial charge in [-0.05, 0) is 111 Å². The molecule has 65 heavy (non-hydrogen) atoms. The number of pyridine rings is 1. The van der Waals surface area contributed by atoms with E-state index >= 15 is 0 Å². The average Bonchev–Trinajstić information content (AvgIpc) is 3.31. The fourth-order valence-electron chi connectivity index (χ4n) is 9.61. The number of piperidine rings is 2. The molecule has 4 aromatic rings. The quantitative estimate of drug-likeness (QED) is 0.0783. The van der Waals surface area contributed by atoms with Crippen molar-refractivity contribution in [2.45, 2.75) is 76.5 Å². The van der Waals surface area contributed by atoms with Crippen LogP contribution in [0.25, 0.3) is 11.3 Å². The number of imide groups is 1. The van der Waals surface area contributed by atoms with E-state index in [0.717, 1.165) is 132 Å². The topological polar surface area (TPSA) is 145 Å². The third kappa shape index (κ3) is 12.4. The van der Waals surface area contributed by atoms with Crippen LogP contribution in [0.15, 0.2) is 91.5 Å². The molecule has 2 aromatic heterocycles. The normalized spacial score (nSPS) is 21.1. The largest absolute Gasteiger partial charge is 0.573 e. The van der Waals surface area contributed by atoms with E-state index in [2.05, 4.69) is 69.1 Å². The molecule has 2 aromatic carbocycles. The molecule has 16 heteroatoms. The standard InChI is InChI=1S/C49H58F3N9O4.3H2/c1-33(53-22-2-3-34-4-6-37(7-5-34)43-29-44(56-32-55-43)57-40-13-15-41(16-14-40)65-49(50,51)52)36-8-10-38(11-9-36)48(64)61-27-25-59(26-28-61)31-35-20-23-60(24-21-35)45-18-12-39(30-54-45)42-17-19-46(62)58-47(42)63;;;/h4-7,12-16,18,29-30,32,35-36,38,42,53H,1-3,8-11,17,19-28,31H2,(H,55,56,57)(H,58,62,63);3*1H. The highest BCUT2D eigenvalue weighted by molar-refractivity contribution is 6.00. The van der Waals surface area contributed by atoms with Gasteiger partial charge in [0, 0.05) is 98.2 Å². The van der Waals surface area contributed by atoms with Gasteiger partial charge in [0.15, 0.2) is 0 Å². The van der Waals surface area contributed by atoms with E-state index in [1.807, 2.05) is 24.3 Å². The Labute approximate surface area is 382 Å². The lowest BCUT2D eigenvalue weighted by Crippen LogP contribution is -2.52. The Balaban J connectivity index is 0.00000288. The van der Waals surface area contributed by atoms with E-state index in [0.29, 0.717) is 42.1 Å². The molecular weight excluding hydrogens is 836 g/mol. The van der Waals surface area contributed by atoms with Crippen molar-refractivity contribution in [1.29, 1.82) is 0 Å².